The average Bonchev–Trinajstić information content (AvgIpc) is 2.13. The van der Waals surface area contributed by atoms with Crippen LogP contribution in [0.2, 0.25) is 0 Å². The molecule has 2 saturated heterocycles. The molecule has 1 unspecified atom stereocenters. The molecule has 3 atom stereocenters. The Balaban J connectivity index is 0.000000605. The molecule has 0 saturated carbocycles. The molecule has 2 aliphatic heterocycles. The van der Waals surface area contributed by atoms with Gasteiger partial charge in [-0.1, -0.05) is 0 Å². The maximum absolute atomic E-state index is 5.96. The highest BCUT2D eigenvalue weighted by Crippen LogP contribution is 2.32. The minimum absolute atomic E-state index is 0. The zero-order chi connectivity index (χ0) is 7.14. The number of fused-ring (bicyclic) bond motifs is 2. The number of likely N-dealkylation sites (N-methyl/N-ethyl adjacent to an activating group) is 1. The molecule has 0 aromatic carbocycles. The third-order valence-electron chi connectivity index (χ3n) is 3.22. The van der Waals surface area contributed by atoms with Gasteiger partial charge < -0.3 is 5.73 Å². The molecular weight excluding hydrogens is 195 g/mol. The molecular formula is C8H18Cl2N2. The van der Waals surface area contributed by atoms with Crippen LogP contribution in [0, 0.1) is 0 Å². The van der Waals surface area contributed by atoms with Gasteiger partial charge >= 0.3 is 0 Å². The van der Waals surface area contributed by atoms with Crippen LogP contribution < -0.4 is 5.73 Å². The highest BCUT2D eigenvalue weighted by atomic mass is 35.5. The first kappa shape index (κ1) is 12.5. The summed E-state index contributed by atoms with van der Waals surface area (Å²) in [4.78, 5) is 2.48. The molecule has 2 rings (SSSR count). The van der Waals surface area contributed by atoms with Crippen LogP contribution >= 0.6 is 24.8 Å². The topological polar surface area (TPSA) is 29.3 Å². The highest BCUT2D eigenvalue weighted by molar-refractivity contribution is 5.85. The normalized spacial score (nSPS) is 40.0. The molecule has 2 N–H and O–H groups in total. The Morgan fingerprint density at radius 3 is 2.25 bits per heavy atom. The lowest BCUT2D eigenvalue weighted by Crippen LogP contribution is -2.48. The lowest BCUT2D eigenvalue weighted by atomic mass is 9.99. The summed E-state index contributed by atoms with van der Waals surface area (Å²) in [5, 5.41) is 0. The Morgan fingerprint density at radius 1 is 1.08 bits per heavy atom. The molecule has 2 aliphatic rings. The fourth-order valence-electron chi connectivity index (χ4n) is 2.48. The molecule has 2 nitrogen and oxygen atoms in total. The van der Waals surface area contributed by atoms with Crippen molar-refractivity contribution in [1.82, 2.24) is 4.90 Å². The quantitative estimate of drug-likeness (QED) is 0.659. The summed E-state index contributed by atoms with van der Waals surface area (Å²) in [6, 6.07) is 2.03. The van der Waals surface area contributed by atoms with Crippen molar-refractivity contribution < 1.29 is 0 Å². The molecule has 12 heavy (non-hydrogen) atoms. The largest absolute Gasteiger partial charge is 0.326 e. The SMILES string of the molecule is CN1[C@@H]2CCC(N)[C@H]1CC2.Cl.Cl. The van der Waals surface area contributed by atoms with Crippen LogP contribution in [0.1, 0.15) is 25.7 Å². The molecule has 0 radical (unpaired) electrons. The molecule has 4 heteroatoms. The highest BCUT2D eigenvalue weighted by Gasteiger charge is 2.38. The number of rotatable bonds is 0. The second kappa shape index (κ2) is 4.66. The van der Waals surface area contributed by atoms with Gasteiger partial charge in [-0.15, -0.1) is 24.8 Å². The van der Waals surface area contributed by atoms with Crippen LogP contribution in [0.5, 0.6) is 0 Å². The van der Waals surface area contributed by atoms with Crippen LogP contribution in [0.4, 0.5) is 0 Å². The van der Waals surface area contributed by atoms with Gasteiger partial charge in [-0.2, -0.15) is 0 Å². The van der Waals surface area contributed by atoms with Gasteiger partial charge in [0.15, 0.2) is 0 Å². The zero-order valence-electron chi connectivity index (χ0n) is 7.40. The van der Waals surface area contributed by atoms with Crippen molar-refractivity contribution in [1.29, 1.82) is 0 Å². The second-order valence-electron chi connectivity index (χ2n) is 3.71. The lowest BCUT2D eigenvalue weighted by molar-refractivity contribution is 0.158. The number of nitrogens with zero attached hydrogens (tertiary/aromatic N) is 1. The molecule has 0 aromatic rings. The Kier molecular flexibility index (Phi) is 4.85. The fraction of sp³-hybridized carbons (Fsp3) is 1.00. The van der Waals surface area contributed by atoms with Gasteiger partial charge in [0.1, 0.15) is 0 Å². The first-order valence-corrected chi connectivity index (χ1v) is 4.26. The van der Waals surface area contributed by atoms with E-state index in [1.54, 1.807) is 0 Å². The van der Waals surface area contributed by atoms with E-state index in [0.717, 1.165) is 6.04 Å². The Labute approximate surface area is 86.7 Å². The van der Waals surface area contributed by atoms with Crippen LogP contribution in [-0.2, 0) is 0 Å². The number of hydrogen-bond acceptors (Lipinski definition) is 2. The lowest BCUT2D eigenvalue weighted by Gasteiger charge is -2.35. The van der Waals surface area contributed by atoms with Crippen molar-refractivity contribution in [3.05, 3.63) is 0 Å². The van der Waals surface area contributed by atoms with E-state index in [1.165, 1.54) is 25.7 Å². The minimum atomic E-state index is 0. The van der Waals surface area contributed by atoms with Gasteiger partial charge in [0, 0.05) is 18.1 Å². The number of halogens is 2. The van der Waals surface area contributed by atoms with E-state index in [-0.39, 0.29) is 24.8 Å². The maximum atomic E-state index is 5.96. The molecule has 2 heterocycles. The molecule has 0 amide bonds. The van der Waals surface area contributed by atoms with Gasteiger partial charge in [-0.05, 0) is 32.7 Å². The average molecular weight is 213 g/mol. The minimum Gasteiger partial charge on any atom is -0.326 e. The molecule has 0 spiro atoms. The third-order valence-corrected chi connectivity index (χ3v) is 3.22. The van der Waals surface area contributed by atoms with Gasteiger partial charge in [0.05, 0.1) is 0 Å². The molecule has 0 aliphatic carbocycles. The molecule has 2 fully saturated rings. The fourth-order valence-corrected chi connectivity index (χ4v) is 2.48. The summed E-state index contributed by atoms with van der Waals surface area (Å²) in [5.74, 6) is 0. The Morgan fingerprint density at radius 2 is 1.67 bits per heavy atom. The Hall–Kier alpha value is 0.500. The smallest absolute Gasteiger partial charge is 0.0247 e. The van der Waals surface area contributed by atoms with Gasteiger partial charge in [0.25, 0.3) is 0 Å². The zero-order valence-corrected chi connectivity index (χ0v) is 9.03. The van der Waals surface area contributed by atoms with Crippen molar-refractivity contribution in [3.63, 3.8) is 0 Å². The van der Waals surface area contributed by atoms with Gasteiger partial charge in [-0.3, -0.25) is 4.90 Å². The summed E-state index contributed by atoms with van der Waals surface area (Å²) in [6.45, 7) is 0. The molecule has 2 bridgehead atoms. The van der Waals surface area contributed by atoms with Gasteiger partial charge in [0.2, 0.25) is 0 Å². The summed E-state index contributed by atoms with van der Waals surface area (Å²) in [7, 11) is 2.22. The van der Waals surface area contributed by atoms with Crippen LogP contribution in [0.15, 0.2) is 0 Å². The first-order chi connectivity index (χ1) is 4.79. The number of piperidine rings is 1. The summed E-state index contributed by atoms with van der Waals surface area (Å²) in [5.41, 5.74) is 5.96. The van der Waals surface area contributed by atoms with E-state index in [1.807, 2.05) is 0 Å². The van der Waals surface area contributed by atoms with Gasteiger partial charge in [-0.25, -0.2) is 0 Å². The summed E-state index contributed by atoms with van der Waals surface area (Å²) in [6.07, 6.45) is 5.30. The van der Waals surface area contributed by atoms with Crippen molar-refractivity contribution in [2.24, 2.45) is 5.73 Å². The predicted octanol–water partition coefficient (Wildman–Crippen LogP) is 1.41. The van der Waals surface area contributed by atoms with Crippen molar-refractivity contribution >= 4 is 24.8 Å². The third kappa shape index (κ3) is 1.87. The second-order valence-corrected chi connectivity index (χ2v) is 3.71. The van der Waals surface area contributed by atoms with E-state index >= 15 is 0 Å². The Bertz CT molecular complexity index is 143. The molecule has 0 aromatic heterocycles. The monoisotopic (exact) mass is 212 g/mol. The van der Waals surface area contributed by atoms with Crippen molar-refractivity contribution in [2.75, 3.05) is 7.05 Å². The van der Waals surface area contributed by atoms with E-state index in [4.69, 9.17) is 5.73 Å². The van der Waals surface area contributed by atoms with Crippen molar-refractivity contribution in [2.45, 2.75) is 43.8 Å². The van der Waals surface area contributed by atoms with E-state index in [9.17, 15) is 0 Å². The summed E-state index contributed by atoms with van der Waals surface area (Å²) >= 11 is 0. The first-order valence-electron chi connectivity index (χ1n) is 4.26. The number of nitrogens with two attached hydrogens (primary N) is 1. The van der Waals surface area contributed by atoms with E-state index in [0.29, 0.717) is 12.1 Å². The van der Waals surface area contributed by atoms with Crippen LogP contribution in [-0.4, -0.2) is 30.1 Å². The summed E-state index contributed by atoms with van der Waals surface area (Å²) < 4.78 is 0. The standard InChI is InChI=1S/C8H16N2.2ClH/c1-10-6-2-4-7(9)8(10)5-3-6;;/h6-8H,2-5,9H2,1H3;2*1H/t6-,7?,8-;;/m1../s1. The number of hydrogen-bond donors (Lipinski definition) is 1. The maximum Gasteiger partial charge on any atom is 0.0247 e. The van der Waals surface area contributed by atoms with Crippen LogP contribution in [0.25, 0.3) is 0 Å². The van der Waals surface area contributed by atoms with Crippen LogP contribution in [0.3, 0.4) is 0 Å². The van der Waals surface area contributed by atoms with E-state index < -0.39 is 0 Å². The van der Waals surface area contributed by atoms with E-state index in [2.05, 4.69) is 11.9 Å². The predicted molar refractivity (Wildman–Crippen MR) is 56.3 cm³/mol. The molecule has 74 valence electrons. The van der Waals surface area contributed by atoms with Crippen molar-refractivity contribution in [3.8, 4) is 0 Å².